The van der Waals surface area contributed by atoms with Gasteiger partial charge in [-0.25, -0.2) is 0 Å². The molecule has 1 saturated carbocycles. The van der Waals surface area contributed by atoms with Gasteiger partial charge in [0.15, 0.2) is 0 Å². The summed E-state index contributed by atoms with van der Waals surface area (Å²) in [5, 5.41) is 11.8. The molecule has 1 fully saturated rings. The lowest BCUT2D eigenvalue weighted by atomic mass is 9.83. The summed E-state index contributed by atoms with van der Waals surface area (Å²) in [6, 6.07) is 2.21. The summed E-state index contributed by atoms with van der Waals surface area (Å²) in [7, 11) is 1.79. The molecular formula is C11H20N2O. The van der Waals surface area contributed by atoms with E-state index >= 15 is 0 Å². The Morgan fingerprint density at radius 1 is 1.57 bits per heavy atom. The van der Waals surface area contributed by atoms with E-state index in [-0.39, 0.29) is 0 Å². The van der Waals surface area contributed by atoms with E-state index in [9.17, 15) is 0 Å². The number of nitriles is 1. The minimum Gasteiger partial charge on any atom is -0.378 e. The predicted octanol–water partition coefficient (Wildman–Crippen LogP) is 1.69. The van der Waals surface area contributed by atoms with Gasteiger partial charge in [-0.2, -0.15) is 5.26 Å². The summed E-state index contributed by atoms with van der Waals surface area (Å²) in [6.45, 7) is 3.13. The summed E-state index contributed by atoms with van der Waals surface area (Å²) in [4.78, 5) is 0. The van der Waals surface area contributed by atoms with E-state index < -0.39 is 5.54 Å². The van der Waals surface area contributed by atoms with Crippen molar-refractivity contribution in [1.82, 2.24) is 5.32 Å². The summed E-state index contributed by atoms with van der Waals surface area (Å²) < 4.78 is 5.50. The molecule has 3 heteroatoms. The van der Waals surface area contributed by atoms with Gasteiger partial charge in [0.1, 0.15) is 5.54 Å². The molecule has 0 bridgehead atoms. The molecule has 1 rings (SSSR count). The van der Waals surface area contributed by atoms with Crippen molar-refractivity contribution in [3.05, 3.63) is 0 Å². The average Bonchev–Trinajstić information content (AvgIpc) is 2.14. The molecular weight excluding hydrogens is 176 g/mol. The molecule has 0 heterocycles. The molecule has 0 amide bonds. The van der Waals surface area contributed by atoms with Crippen LogP contribution in [-0.2, 0) is 4.74 Å². The largest absolute Gasteiger partial charge is 0.378 e. The fourth-order valence-electron chi connectivity index (χ4n) is 1.47. The molecule has 0 aromatic heterocycles. The van der Waals surface area contributed by atoms with E-state index in [4.69, 9.17) is 10.00 Å². The number of hydrogen-bond donors (Lipinski definition) is 1. The average molecular weight is 196 g/mol. The van der Waals surface area contributed by atoms with Crippen LogP contribution < -0.4 is 5.32 Å². The van der Waals surface area contributed by atoms with Gasteiger partial charge < -0.3 is 10.1 Å². The highest BCUT2D eigenvalue weighted by Crippen LogP contribution is 2.29. The van der Waals surface area contributed by atoms with Crippen LogP contribution in [0, 0.1) is 17.2 Å². The first-order valence-electron chi connectivity index (χ1n) is 5.38. The van der Waals surface area contributed by atoms with Gasteiger partial charge in [0.05, 0.1) is 12.7 Å². The maximum absolute atomic E-state index is 8.86. The standard InChI is InChI=1S/C11H20N2O/c1-11(8-12,13-2)9-14-7-6-10-4-3-5-10/h10,13H,3-7,9H2,1-2H3. The van der Waals surface area contributed by atoms with Crippen LogP contribution in [0.25, 0.3) is 0 Å². The Morgan fingerprint density at radius 2 is 2.29 bits per heavy atom. The second-order valence-electron chi connectivity index (χ2n) is 4.33. The molecule has 0 aliphatic heterocycles. The fourth-order valence-corrected chi connectivity index (χ4v) is 1.47. The third-order valence-corrected chi connectivity index (χ3v) is 3.08. The third-order valence-electron chi connectivity index (χ3n) is 3.08. The van der Waals surface area contributed by atoms with Gasteiger partial charge in [-0.1, -0.05) is 19.3 Å². The molecule has 0 saturated heterocycles. The SMILES string of the molecule is CNC(C)(C#N)COCCC1CCC1. The fraction of sp³-hybridized carbons (Fsp3) is 0.909. The Hall–Kier alpha value is -0.590. The van der Waals surface area contributed by atoms with Gasteiger partial charge in [0, 0.05) is 6.61 Å². The van der Waals surface area contributed by atoms with Gasteiger partial charge >= 0.3 is 0 Å². The topological polar surface area (TPSA) is 45.0 Å². The van der Waals surface area contributed by atoms with Crippen molar-refractivity contribution in [1.29, 1.82) is 5.26 Å². The minimum atomic E-state index is -0.528. The smallest absolute Gasteiger partial charge is 0.127 e. The Kier molecular flexibility index (Phi) is 4.37. The zero-order valence-electron chi connectivity index (χ0n) is 9.18. The number of ether oxygens (including phenoxy) is 1. The molecule has 0 aromatic rings. The zero-order valence-corrected chi connectivity index (χ0v) is 9.18. The molecule has 0 spiro atoms. The van der Waals surface area contributed by atoms with Crippen LogP contribution in [0.5, 0.6) is 0 Å². The van der Waals surface area contributed by atoms with E-state index in [1.54, 1.807) is 7.05 Å². The highest BCUT2D eigenvalue weighted by molar-refractivity contribution is 5.02. The predicted molar refractivity (Wildman–Crippen MR) is 55.9 cm³/mol. The first-order valence-corrected chi connectivity index (χ1v) is 5.38. The molecule has 1 unspecified atom stereocenters. The van der Waals surface area contributed by atoms with Crippen LogP contribution >= 0.6 is 0 Å². The monoisotopic (exact) mass is 196 g/mol. The maximum atomic E-state index is 8.86. The van der Waals surface area contributed by atoms with Crippen molar-refractivity contribution < 1.29 is 4.74 Å². The van der Waals surface area contributed by atoms with Gasteiger partial charge in [-0.3, -0.25) is 0 Å². The van der Waals surface area contributed by atoms with Gasteiger partial charge in [0.2, 0.25) is 0 Å². The number of hydrogen-bond acceptors (Lipinski definition) is 3. The Bertz CT molecular complexity index is 208. The van der Waals surface area contributed by atoms with Gasteiger partial charge in [0.25, 0.3) is 0 Å². The molecule has 80 valence electrons. The summed E-state index contributed by atoms with van der Waals surface area (Å²) in [5.41, 5.74) is -0.528. The van der Waals surface area contributed by atoms with Crippen LogP contribution in [0.3, 0.4) is 0 Å². The lowest BCUT2D eigenvalue weighted by Gasteiger charge is -2.26. The van der Waals surface area contributed by atoms with Crippen molar-refractivity contribution in [3.8, 4) is 6.07 Å². The molecule has 3 nitrogen and oxygen atoms in total. The van der Waals surface area contributed by atoms with E-state index in [2.05, 4.69) is 11.4 Å². The molecule has 1 atom stereocenters. The normalized spacial score (nSPS) is 20.9. The second-order valence-corrected chi connectivity index (χ2v) is 4.33. The van der Waals surface area contributed by atoms with Gasteiger partial charge in [-0.15, -0.1) is 0 Å². The van der Waals surface area contributed by atoms with Crippen LogP contribution in [0.15, 0.2) is 0 Å². The Balaban J connectivity index is 2.04. The minimum absolute atomic E-state index is 0.479. The Morgan fingerprint density at radius 3 is 2.71 bits per heavy atom. The van der Waals surface area contributed by atoms with E-state index in [1.807, 2.05) is 6.92 Å². The van der Waals surface area contributed by atoms with Crippen LogP contribution in [0.2, 0.25) is 0 Å². The number of nitrogens with one attached hydrogen (secondary N) is 1. The third kappa shape index (κ3) is 3.28. The maximum Gasteiger partial charge on any atom is 0.127 e. The zero-order chi connectivity index (χ0) is 10.4. The van der Waals surface area contributed by atoms with E-state index in [0.717, 1.165) is 18.9 Å². The van der Waals surface area contributed by atoms with Crippen LogP contribution in [0.1, 0.15) is 32.6 Å². The lowest BCUT2D eigenvalue weighted by molar-refractivity contribution is 0.0783. The summed E-state index contributed by atoms with van der Waals surface area (Å²) in [5.74, 6) is 0.887. The lowest BCUT2D eigenvalue weighted by Crippen LogP contribution is -2.42. The van der Waals surface area contributed by atoms with Crippen molar-refractivity contribution in [2.75, 3.05) is 20.3 Å². The van der Waals surface area contributed by atoms with Crippen LogP contribution in [-0.4, -0.2) is 25.8 Å². The molecule has 1 aliphatic carbocycles. The molecule has 14 heavy (non-hydrogen) atoms. The first kappa shape index (κ1) is 11.5. The van der Waals surface area contributed by atoms with Crippen molar-refractivity contribution in [2.45, 2.75) is 38.1 Å². The first-order chi connectivity index (χ1) is 6.70. The summed E-state index contributed by atoms with van der Waals surface area (Å²) >= 11 is 0. The van der Waals surface area contributed by atoms with Crippen molar-refractivity contribution in [2.24, 2.45) is 5.92 Å². The van der Waals surface area contributed by atoms with E-state index in [0.29, 0.717) is 6.61 Å². The second kappa shape index (κ2) is 5.33. The number of likely N-dealkylation sites (N-methyl/N-ethyl adjacent to an activating group) is 1. The molecule has 0 radical (unpaired) electrons. The Labute approximate surface area is 86.4 Å². The quantitative estimate of drug-likeness (QED) is 0.658. The molecule has 0 aromatic carbocycles. The molecule has 1 N–H and O–H groups in total. The summed E-state index contributed by atoms with van der Waals surface area (Å²) in [6.07, 6.45) is 5.28. The highest BCUT2D eigenvalue weighted by Gasteiger charge is 2.22. The van der Waals surface area contributed by atoms with Crippen molar-refractivity contribution in [3.63, 3.8) is 0 Å². The van der Waals surface area contributed by atoms with Crippen LogP contribution in [0.4, 0.5) is 0 Å². The van der Waals surface area contributed by atoms with Crippen molar-refractivity contribution >= 4 is 0 Å². The van der Waals surface area contributed by atoms with E-state index in [1.165, 1.54) is 19.3 Å². The highest BCUT2D eigenvalue weighted by atomic mass is 16.5. The molecule has 1 aliphatic rings. The number of nitrogens with zero attached hydrogens (tertiary/aromatic N) is 1. The van der Waals surface area contributed by atoms with Gasteiger partial charge in [-0.05, 0) is 26.3 Å². The number of rotatable bonds is 6.